The van der Waals surface area contributed by atoms with E-state index in [2.05, 4.69) is 42.5 Å². The fraction of sp³-hybridized carbons (Fsp3) is 0.457. The highest BCUT2D eigenvalue weighted by Crippen LogP contribution is 2.44. The first kappa shape index (κ1) is 33.7. The van der Waals surface area contributed by atoms with E-state index in [1.54, 1.807) is 23.9 Å². The van der Waals surface area contributed by atoms with E-state index in [-0.39, 0.29) is 47.7 Å². The molecule has 8 rings (SSSR count). The van der Waals surface area contributed by atoms with E-state index in [4.69, 9.17) is 4.42 Å². The van der Waals surface area contributed by atoms with Gasteiger partial charge in [-0.3, -0.25) is 34.2 Å². The number of imidazole rings is 1. The summed E-state index contributed by atoms with van der Waals surface area (Å²) in [7, 11) is 3.83. The minimum Gasteiger partial charge on any atom is -0.424 e. The molecule has 1 atom stereocenters. The highest BCUT2D eigenvalue weighted by molar-refractivity contribution is 6.07. The maximum absolute atomic E-state index is 13.9. The lowest BCUT2D eigenvalue weighted by Crippen LogP contribution is -2.46. The number of anilines is 2. The van der Waals surface area contributed by atoms with Gasteiger partial charge in [-0.2, -0.15) is 5.10 Å². The first-order valence-corrected chi connectivity index (χ1v) is 17.4. The number of fused-ring (bicyclic) bond motifs is 2. The Morgan fingerprint density at radius 2 is 1.92 bits per heavy atom. The second-order valence-corrected chi connectivity index (χ2v) is 14.0. The first-order chi connectivity index (χ1) is 25.1. The number of oxazole rings is 1. The number of hydrogen-bond donors (Lipinski definition) is 2. The van der Waals surface area contributed by atoms with E-state index >= 15 is 0 Å². The summed E-state index contributed by atoms with van der Waals surface area (Å²) >= 11 is 0. The monoisotopic (exact) mass is 716 g/mol. The van der Waals surface area contributed by atoms with Crippen LogP contribution in [0.1, 0.15) is 78.9 Å². The number of halogens is 2. The number of amides is 3. The van der Waals surface area contributed by atoms with Crippen LogP contribution < -0.4 is 21.2 Å². The van der Waals surface area contributed by atoms with E-state index in [1.807, 2.05) is 18.2 Å². The molecule has 3 aliphatic rings. The molecule has 1 saturated carbocycles. The number of carbonyl (C=O) groups is 3. The zero-order chi connectivity index (χ0) is 36.3. The summed E-state index contributed by atoms with van der Waals surface area (Å²) in [4.78, 5) is 63.6. The van der Waals surface area contributed by atoms with Crippen LogP contribution in [0.3, 0.4) is 0 Å². The summed E-state index contributed by atoms with van der Waals surface area (Å²) in [5.41, 5.74) is 1.91. The van der Waals surface area contributed by atoms with Gasteiger partial charge in [0.2, 0.25) is 23.6 Å². The molecule has 5 aromatic rings. The van der Waals surface area contributed by atoms with Crippen molar-refractivity contribution in [3.63, 3.8) is 0 Å². The van der Waals surface area contributed by atoms with Gasteiger partial charge in [0.15, 0.2) is 11.3 Å². The lowest BCUT2D eigenvalue weighted by Gasteiger charge is -2.42. The normalized spacial score (nSPS) is 21.3. The number of piperidine rings is 2. The Morgan fingerprint density at radius 1 is 1.13 bits per heavy atom. The van der Waals surface area contributed by atoms with Crippen molar-refractivity contribution in [2.24, 2.45) is 13.0 Å². The number of alkyl halides is 2. The standard InChI is InChI=1S/C35H38F2N10O5/c1-43(18-19-15-20(16-19)33-41-27(29(36)37)34(52-33)42-31(49)22-17-39-46-12-4-11-38-30(22)46)21-9-13-45(14-10-21)23-5-3-6-24-28(23)44(2)35(51)47(24)25-7-8-26(48)40-32(25)50/h3-6,11-12,17,19-21,25,29H,7-10,13-16,18H2,1-2H3,(H,42,49)(H,40,48,50). The molecular weight excluding hydrogens is 678 g/mol. The molecule has 17 heteroatoms. The van der Waals surface area contributed by atoms with E-state index in [9.17, 15) is 28.0 Å². The van der Waals surface area contributed by atoms with Crippen LogP contribution in [0, 0.1) is 5.92 Å². The molecule has 1 unspecified atom stereocenters. The van der Waals surface area contributed by atoms with Gasteiger partial charge in [0, 0.05) is 57.5 Å². The molecule has 1 aliphatic carbocycles. The van der Waals surface area contributed by atoms with Crippen LogP contribution in [0.5, 0.6) is 0 Å². The van der Waals surface area contributed by atoms with E-state index in [0.717, 1.165) is 56.5 Å². The predicted octanol–water partition coefficient (Wildman–Crippen LogP) is 3.63. The van der Waals surface area contributed by atoms with Gasteiger partial charge in [0.1, 0.15) is 11.6 Å². The van der Waals surface area contributed by atoms with Crippen molar-refractivity contribution in [3.05, 3.63) is 70.5 Å². The minimum atomic E-state index is -2.93. The summed E-state index contributed by atoms with van der Waals surface area (Å²) in [5.74, 6) is -1.39. The van der Waals surface area contributed by atoms with Gasteiger partial charge in [-0.05, 0) is 63.3 Å². The van der Waals surface area contributed by atoms with Crippen molar-refractivity contribution in [3.8, 4) is 0 Å². The molecule has 15 nitrogen and oxygen atoms in total. The van der Waals surface area contributed by atoms with Crippen LogP contribution in [0.15, 0.2) is 52.1 Å². The van der Waals surface area contributed by atoms with Crippen LogP contribution in [-0.2, 0) is 16.6 Å². The molecular formula is C35H38F2N10O5. The number of aromatic nitrogens is 6. The average Bonchev–Trinajstić information content (AvgIpc) is 3.81. The zero-order valence-electron chi connectivity index (χ0n) is 28.7. The summed E-state index contributed by atoms with van der Waals surface area (Å²) in [6, 6.07) is 7.02. The summed E-state index contributed by atoms with van der Waals surface area (Å²) < 4.78 is 38.1. The molecule has 272 valence electrons. The minimum absolute atomic E-state index is 0.123. The first-order valence-electron chi connectivity index (χ1n) is 17.4. The van der Waals surface area contributed by atoms with E-state index in [0.29, 0.717) is 23.1 Å². The van der Waals surface area contributed by atoms with Crippen LogP contribution in [-0.4, -0.2) is 84.1 Å². The molecule has 0 spiro atoms. The molecule has 52 heavy (non-hydrogen) atoms. The lowest BCUT2D eigenvalue weighted by molar-refractivity contribution is -0.135. The fourth-order valence-corrected chi connectivity index (χ4v) is 8.01. The molecule has 2 saturated heterocycles. The van der Waals surface area contributed by atoms with Crippen LogP contribution in [0.25, 0.3) is 16.7 Å². The molecule has 2 N–H and O–H groups in total. The van der Waals surface area contributed by atoms with Gasteiger partial charge < -0.3 is 14.2 Å². The van der Waals surface area contributed by atoms with Crippen molar-refractivity contribution in [2.75, 3.05) is 36.9 Å². The summed E-state index contributed by atoms with van der Waals surface area (Å²) in [5, 5.41) is 8.89. The molecule has 6 heterocycles. The number of imide groups is 1. The highest BCUT2D eigenvalue weighted by Gasteiger charge is 2.38. The number of benzene rings is 1. The Balaban J connectivity index is 0.878. The Kier molecular flexibility index (Phi) is 8.59. The smallest absolute Gasteiger partial charge is 0.329 e. The number of aryl methyl sites for hydroxylation is 1. The SMILES string of the molecule is CN(CC1CC(c2nc(C(F)F)c(NC(=O)c3cnn4cccnc34)o2)C1)C1CCN(c2cccc3c2n(C)c(=O)n3C2CCC(=O)NC2=O)CC1. The second kappa shape index (κ2) is 13.3. The Labute approximate surface area is 295 Å². The molecule has 3 fully saturated rings. The van der Waals surface area contributed by atoms with Gasteiger partial charge in [-0.1, -0.05) is 6.07 Å². The largest absolute Gasteiger partial charge is 0.424 e. The molecule has 1 aromatic carbocycles. The number of nitrogens with zero attached hydrogens (tertiary/aromatic N) is 8. The van der Waals surface area contributed by atoms with Crippen molar-refractivity contribution in [1.82, 2.24) is 38.9 Å². The van der Waals surface area contributed by atoms with Gasteiger partial charge in [0.05, 0.1) is 22.9 Å². The van der Waals surface area contributed by atoms with Crippen molar-refractivity contribution in [1.29, 1.82) is 0 Å². The Hall–Kier alpha value is -5.45. The number of carbonyl (C=O) groups excluding carboxylic acids is 3. The highest BCUT2D eigenvalue weighted by atomic mass is 19.3. The van der Waals surface area contributed by atoms with Gasteiger partial charge in [-0.25, -0.2) is 28.1 Å². The third kappa shape index (κ3) is 5.91. The van der Waals surface area contributed by atoms with E-state index < -0.39 is 30.0 Å². The fourth-order valence-electron chi connectivity index (χ4n) is 8.01. The Morgan fingerprint density at radius 3 is 2.67 bits per heavy atom. The molecule has 0 bridgehead atoms. The third-order valence-electron chi connectivity index (χ3n) is 10.8. The maximum atomic E-state index is 13.9. The number of para-hydroxylation sites is 1. The van der Waals surface area contributed by atoms with Crippen LogP contribution in [0.4, 0.5) is 20.4 Å². The van der Waals surface area contributed by atoms with E-state index in [1.165, 1.54) is 21.5 Å². The van der Waals surface area contributed by atoms with Gasteiger partial charge >= 0.3 is 5.69 Å². The average molecular weight is 717 g/mol. The van der Waals surface area contributed by atoms with Crippen LogP contribution in [0.2, 0.25) is 0 Å². The van der Waals surface area contributed by atoms with Crippen molar-refractivity contribution in [2.45, 2.75) is 63.0 Å². The van der Waals surface area contributed by atoms with Gasteiger partial charge in [-0.15, -0.1) is 0 Å². The van der Waals surface area contributed by atoms with Crippen LogP contribution >= 0.6 is 0 Å². The predicted molar refractivity (Wildman–Crippen MR) is 184 cm³/mol. The quantitative estimate of drug-likeness (QED) is 0.215. The Bertz CT molecular complexity index is 2240. The second-order valence-electron chi connectivity index (χ2n) is 14.0. The third-order valence-corrected chi connectivity index (χ3v) is 10.8. The van der Waals surface area contributed by atoms with Crippen molar-refractivity contribution < 1.29 is 27.6 Å². The maximum Gasteiger partial charge on any atom is 0.329 e. The molecule has 4 aromatic heterocycles. The van der Waals surface area contributed by atoms with Gasteiger partial charge in [0.25, 0.3) is 12.3 Å². The summed E-state index contributed by atoms with van der Waals surface area (Å²) in [6.45, 7) is 2.41. The van der Waals surface area contributed by atoms with Crippen molar-refractivity contribution >= 4 is 46.0 Å². The topological polar surface area (TPSA) is 165 Å². The summed E-state index contributed by atoms with van der Waals surface area (Å²) in [6.07, 6.45) is 5.29. The molecule has 2 aliphatic heterocycles. The molecule has 0 radical (unpaired) electrons. The number of nitrogens with one attached hydrogen (secondary N) is 2. The molecule has 3 amide bonds. The zero-order valence-corrected chi connectivity index (χ0v) is 28.7. The number of hydrogen-bond acceptors (Lipinski definition) is 10. The lowest BCUT2D eigenvalue weighted by atomic mass is 9.74. The number of rotatable bonds is 9.